The Balaban J connectivity index is 0.00000420. The van der Waals surface area contributed by atoms with Crippen LogP contribution < -0.4 is 20.1 Å². The van der Waals surface area contributed by atoms with Gasteiger partial charge in [-0.1, -0.05) is 29.8 Å². The van der Waals surface area contributed by atoms with Crippen LogP contribution >= 0.6 is 35.6 Å². The van der Waals surface area contributed by atoms with Gasteiger partial charge in [0.25, 0.3) is 0 Å². The van der Waals surface area contributed by atoms with Gasteiger partial charge in [-0.15, -0.1) is 24.0 Å². The van der Waals surface area contributed by atoms with E-state index >= 15 is 0 Å². The molecule has 0 amide bonds. The molecule has 0 atom stereocenters. The van der Waals surface area contributed by atoms with E-state index in [1.165, 1.54) is 12.1 Å². The summed E-state index contributed by atoms with van der Waals surface area (Å²) >= 11 is 5.86. The van der Waals surface area contributed by atoms with Gasteiger partial charge in [-0.25, -0.2) is 18.1 Å². The topological polar surface area (TPSA) is 91.8 Å². The van der Waals surface area contributed by atoms with Crippen LogP contribution in [0.3, 0.4) is 0 Å². The van der Waals surface area contributed by atoms with E-state index in [0.29, 0.717) is 30.6 Å². The Bertz CT molecular complexity index is 910. The lowest BCUT2D eigenvalue weighted by molar-refractivity contribution is 0.414. The molecule has 2 rings (SSSR count). The van der Waals surface area contributed by atoms with Crippen LogP contribution in [0.2, 0.25) is 5.02 Å². The highest BCUT2D eigenvalue weighted by atomic mass is 127. The summed E-state index contributed by atoms with van der Waals surface area (Å²) in [7, 11) is -1.98. The van der Waals surface area contributed by atoms with Gasteiger partial charge in [0.1, 0.15) is 5.75 Å². The van der Waals surface area contributed by atoms with Gasteiger partial charge in [-0.05, 0) is 42.8 Å². The Morgan fingerprint density at radius 2 is 1.86 bits per heavy atom. The maximum absolute atomic E-state index is 12.3. The predicted octanol–water partition coefficient (Wildman–Crippen LogP) is 3.00. The van der Waals surface area contributed by atoms with Crippen LogP contribution in [0.25, 0.3) is 0 Å². The number of hydrogen-bond donors (Lipinski definition) is 3. The summed E-state index contributed by atoms with van der Waals surface area (Å²) in [4.78, 5) is 4.64. The first kappa shape index (κ1) is 25.5. The zero-order chi connectivity index (χ0) is 20.4. The molecule has 0 aliphatic rings. The molecule has 0 spiro atoms. The first-order valence-corrected chi connectivity index (χ1v) is 10.7. The lowest BCUT2D eigenvalue weighted by Crippen LogP contribution is -2.41. The van der Waals surface area contributed by atoms with Crippen molar-refractivity contribution >= 4 is 51.6 Å². The Morgan fingerprint density at radius 1 is 1.10 bits per heavy atom. The molecule has 2 aromatic carbocycles. The van der Waals surface area contributed by atoms with Crippen molar-refractivity contribution in [1.82, 2.24) is 15.4 Å². The summed E-state index contributed by atoms with van der Waals surface area (Å²) in [5.41, 5.74) is 1.01. The van der Waals surface area contributed by atoms with Gasteiger partial charge in [-0.3, -0.25) is 0 Å². The highest BCUT2D eigenvalue weighted by Gasteiger charge is 2.13. The molecule has 7 nitrogen and oxygen atoms in total. The SMILES string of the molecule is CCNC(=NCc1cccc(OC)c1)NCCNS(=O)(=O)c1cccc(Cl)c1.I. The van der Waals surface area contributed by atoms with E-state index in [2.05, 4.69) is 20.3 Å². The highest BCUT2D eigenvalue weighted by molar-refractivity contribution is 14.0. The van der Waals surface area contributed by atoms with Gasteiger partial charge in [0.15, 0.2) is 5.96 Å². The van der Waals surface area contributed by atoms with Gasteiger partial charge < -0.3 is 15.4 Å². The second-order valence-corrected chi connectivity index (χ2v) is 8.03. The van der Waals surface area contributed by atoms with Gasteiger partial charge in [0.05, 0.1) is 18.6 Å². The third-order valence-corrected chi connectivity index (χ3v) is 5.41. The van der Waals surface area contributed by atoms with Crippen LogP contribution in [0, 0.1) is 0 Å². The fraction of sp³-hybridized carbons (Fsp3) is 0.316. The number of methoxy groups -OCH3 is 1. The molecule has 0 aromatic heterocycles. The van der Waals surface area contributed by atoms with Crippen LogP contribution in [0.5, 0.6) is 5.75 Å². The molecule has 0 heterocycles. The first-order chi connectivity index (χ1) is 13.4. The van der Waals surface area contributed by atoms with Crippen molar-refractivity contribution in [1.29, 1.82) is 0 Å². The largest absolute Gasteiger partial charge is 0.497 e. The van der Waals surface area contributed by atoms with Crippen molar-refractivity contribution in [3.63, 3.8) is 0 Å². The van der Waals surface area contributed by atoms with E-state index in [0.717, 1.165) is 11.3 Å². The number of halogens is 2. The van der Waals surface area contributed by atoms with Crippen molar-refractivity contribution < 1.29 is 13.2 Å². The standard InChI is InChI=1S/C19H25ClN4O3S.HI/c1-3-21-19(23-14-15-6-4-8-17(12-15)27-2)22-10-11-24-28(25,26)18-9-5-7-16(20)13-18;/h4-9,12-13,24H,3,10-11,14H2,1-2H3,(H2,21,22,23);1H. The molecular weight excluding hydrogens is 527 g/mol. The van der Waals surface area contributed by atoms with Crippen molar-refractivity contribution in [2.24, 2.45) is 4.99 Å². The van der Waals surface area contributed by atoms with E-state index in [1.807, 2.05) is 31.2 Å². The van der Waals surface area contributed by atoms with Crippen molar-refractivity contribution in [3.8, 4) is 5.75 Å². The third kappa shape index (κ3) is 8.77. The predicted molar refractivity (Wildman–Crippen MR) is 128 cm³/mol. The highest BCUT2D eigenvalue weighted by Crippen LogP contribution is 2.15. The molecule has 0 radical (unpaired) electrons. The summed E-state index contributed by atoms with van der Waals surface area (Å²) in [6.45, 7) is 3.71. The molecule has 0 saturated carbocycles. The summed E-state index contributed by atoms with van der Waals surface area (Å²) in [5, 5.41) is 6.62. The number of hydrogen-bond acceptors (Lipinski definition) is 4. The molecule has 3 N–H and O–H groups in total. The van der Waals surface area contributed by atoms with E-state index in [1.54, 1.807) is 19.2 Å². The van der Waals surface area contributed by atoms with E-state index in [9.17, 15) is 8.42 Å². The molecule has 0 aliphatic carbocycles. The minimum absolute atomic E-state index is 0. The Kier molecular flexibility index (Phi) is 11.3. The van der Waals surface area contributed by atoms with Crippen molar-refractivity contribution in [2.75, 3.05) is 26.7 Å². The van der Waals surface area contributed by atoms with Crippen LogP contribution in [-0.2, 0) is 16.6 Å². The molecule has 0 bridgehead atoms. The molecular formula is C19H26ClIN4O3S. The van der Waals surface area contributed by atoms with E-state index in [-0.39, 0.29) is 35.4 Å². The smallest absolute Gasteiger partial charge is 0.240 e. The normalized spacial score (nSPS) is 11.5. The van der Waals surface area contributed by atoms with Gasteiger partial charge in [0.2, 0.25) is 10.0 Å². The average molecular weight is 553 g/mol. The van der Waals surface area contributed by atoms with Crippen molar-refractivity contribution in [2.45, 2.75) is 18.4 Å². The Hall–Kier alpha value is -1.56. The zero-order valence-corrected chi connectivity index (χ0v) is 20.2. The second-order valence-electron chi connectivity index (χ2n) is 5.83. The Morgan fingerprint density at radius 3 is 2.55 bits per heavy atom. The molecule has 10 heteroatoms. The molecule has 0 aliphatic heterocycles. The number of guanidine groups is 1. The number of benzene rings is 2. The fourth-order valence-corrected chi connectivity index (χ4v) is 3.70. The fourth-order valence-electron chi connectivity index (χ4n) is 2.37. The number of sulfonamides is 1. The first-order valence-electron chi connectivity index (χ1n) is 8.85. The Labute approximate surface area is 194 Å². The summed E-state index contributed by atoms with van der Waals surface area (Å²) in [6, 6.07) is 13.8. The van der Waals surface area contributed by atoms with Crippen LogP contribution in [-0.4, -0.2) is 41.1 Å². The minimum atomic E-state index is -3.60. The molecule has 2 aromatic rings. The molecule has 0 saturated heterocycles. The number of nitrogens with one attached hydrogen (secondary N) is 3. The maximum Gasteiger partial charge on any atom is 0.240 e. The summed E-state index contributed by atoms with van der Waals surface area (Å²) < 4.78 is 32.3. The molecule has 160 valence electrons. The molecule has 29 heavy (non-hydrogen) atoms. The second kappa shape index (κ2) is 12.9. The number of ether oxygens (including phenoxy) is 1. The van der Waals surface area contributed by atoms with Gasteiger partial charge in [0, 0.05) is 24.7 Å². The summed E-state index contributed by atoms with van der Waals surface area (Å²) in [6.07, 6.45) is 0. The average Bonchev–Trinajstić information content (AvgIpc) is 2.69. The van der Waals surface area contributed by atoms with E-state index in [4.69, 9.17) is 16.3 Å². The summed E-state index contributed by atoms with van der Waals surface area (Å²) in [5.74, 6) is 1.38. The van der Waals surface area contributed by atoms with Crippen molar-refractivity contribution in [3.05, 3.63) is 59.1 Å². The monoisotopic (exact) mass is 552 g/mol. The van der Waals surface area contributed by atoms with E-state index < -0.39 is 10.0 Å². The van der Waals surface area contributed by atoms with Crippen LogP contribution in [0.15, 0.2) is 58.4 Å². The number of aliphatic imine (C=N–C) groups is 1. The molecule has 0 fully saturated rings. The zero-order valence-electron chi connectivity index (χ0n) is 16.3. The maximum atomic E-state index is 12.3. The molecule has 0 unspecified atom stereocenters. The third-order valence-electron chi connectivity index (χ3n) is 3.71. The van der Waals surface area contributed by atoms with Crippen LogP contribution in [0.4, 0.5) is 0 Å². The lowest BCUT2D eigenvalue weighted by Gasteiger charge is -2.12. The van der Waals surface area contributed by atoms with Crippen LogP contribution in [0.1, 0.15) is 12.5 Å². The number of rotatable bonds is 9. The quantitative estimate of drug-likeness (QED) is 0.193. The van der Waals surface area contributed by atoms with Gasteiger partial charge >= 0.3 is 0 Å². The minimum Gasteiger partial charge on any atom is -0.497 e. The number of nitrogens with zero attached hydrogens (tertiary/aromatic N) is 1. The lowest BCUT2D eigenvalue weighted by atomic mass is 10.2. The van der Waals surface area contributed by atoms with Gasteiger partial charge in [-0.2, -0.15) is 0 Å².